The molecule has 0 heterocycles. The molecule has 196 valence electrons. The van der Waals surface area contributed by atoms with Gasteiger partial charge in [-0.05, 0) is 62.2 Å². The Morgan fingerprint density at radius 2 is 1.46 bits per heavy atom. The van der Waals surface area contributed by atoms with Gasteiger partial charge in [0.15, 0.2) is 0 Å². The van der Waals surface area contributed by atoms with Crippen molar-refractivity contribution >= 4 is 39.1 Å². The highest BCUT2D eigenvalue weighted by Gasteiger charge is 2.33. The number of nitrogens with one attached hydrogen (secondary N) is 1. The summed E-state index contributed by atoms with van der Waals surface area (Å²) in [6.07, 6.45) is 0.365. The molecule has 0 saturated carbocycles. The number of nitrogens with zero attached hydrogens (tertiary/aromatic N) is 2. The Kier molecular flexibility index (Phi) is 9.72. The molecule has 0 unspecified atom stereocenters. The summed E-state index contributed by atoms with van der Waals surface area (Å²) < 4.78 is 28.5. The van der Waals surface area contributed by atoms with E-state index in [1.54, 1.807) is 42.5 Å². The van der Waals surface area contributed by atoms with Crippen LogP contribution in [0, 0.1) is 0 Å². The lowest BCUT2D eigenvalue weighted by molar-refractivity contribution is -0.140. The first-order chi connectivity index (χ1) is 17.6. The highest BCUT2D eigenvalue weighted by Crippen LogP contribution is 2.26. The molecular weight excluding hydrogens is 510 g/mol. The van der Waals surface area contributed by atoms with E-state index in [9.17, 15) is 18.0 Å². The molecule has 1 atom stereocenters. The molecule has 3 aromatic carbocycles. The van der Waals surface area contributed by atoms with E-state index in [4.69, 9.17) is 11.6 Å². The summed E-state index contributed by atoms with van der Waals surface area (Å²) in [7, 11) is -4.10. The van der Waals surface area contributed by atoms with E-state index in [0.29, 0.717) is 17.1 Å². The Labute approximate surface area is 224 Å². The van der Waals surface area contributed by atoms with Crippen LogP contribution in [-0.2, 0) is 26.2 Å². The lowest BCUT2D eigenvalue weighted by atomic mass is 10.1. The molecule has 3 aromatic rings. The van der Waals surface area contributed by atoms with Crippen LogP contribution in [0.4, 0.5) is 5.69 Å². The van der Waals surface area contributed by atoms with Crippen LogP contribution in [0.3, 0.4) is 0 Å². The standard InChI is InChI=1S/C28H32ClN3O4S/c1-4-26(28(34)30-21(2)3)31(19-22-11-7-5-8-12-22)27(33)20-32(24-17-15-23(29)16-18-24)37(35,36)25-13-9-6-10-14-25/h5-18,21,26H,4,19-20H2,1-3H3,(H,30,34)/t26-/m1/s1. The largest absolute Gasteiger partial charge is 0.352 e. The second kappa shape index (κ2) is 12.7. The van der Waals surface area contributed by atoms with Gasteiger partial charge in [0.2, 0.25) is 11.8 Å². The molecule has 0 aromatic heterocycles. The Hall–Kier alpha value is -3.36. The van der Waals surface area contributed by atoms with E-state index >= 15 is 0 Å². The van der Waals surface area contributed by atoms with Gasteiger partial charge >= 0.3 is 0 Å². The Morgan fingerprint density at radius 3 is 2.00 bits per heavy atom. The summed E-state index contributed by atoms with van der Waals surface area (Å²) in [5, 5.41) is 3.32. The number of carbonyl (C=O) groups excluding carboxylic acids is 2. The first-order valence-corrected chi connectivity index (χ1v) is 13.9. The van der Waals surface area contributed by atoms with E-state index in [2.05, 4.69) is 5.32 Å². The third kappa shape index (κ3) is 7.33. The molecule has 0 bridgehead atoms. The molecule has 0 aliphatic rings. The van der Waals surface area contributed by atoms with Crippen molar-refractivity contribution in [3.8, 4) is 0 Å². The zero-order valence-electron chi connectivity index (χ0n) is 21.2. The zero-order valence-corrected chi connectivity index (χ0v) is 22.7. The second-order valence-electron chi connectivity index (χ2n) is 8.90. The molecule has 37 heavy (non-hydrogen) atoms. The second-order valence-corrected chi connectivity index (χ2v) is 11.2. The van der Waals surface area contributed by atoms with Crippen LogP contribution in [0.25, 0.3) is 0 Å². The average molecular weight is 542 g/mol. The molecule has 1 N–H and O–H groups in total. The molecule has 0 spiro atoms. The number of hydrogen-bond donors (Lipinski definition) is 1. The lowest BCUT2D eigenvalue weighted by Crippen LogP contribution is -2.53. The van der Waals surface area contributed by atoms with Gasteiger partial charge in [0.1, 0.15) is 12.6 Å². The molecule has 0 fully saturated rings. The summed E-state index contributed by atoms with van der Waals surface area (Å²) in [6.45, 7) is 5.19. The van der Waals surface area contributed by atoms with Crippen LogP contribution in [0.15, 0.2) is 89.8 Å². The van der Waals surface area contributed by atoms with E-state index in [-0.39, 0.29) is 23.4 Å². The highest BCUT2D eigenvalue weighted by molar-refractivity contribution is 7.92. The van der Waals surface area contributed by atoms with Gasteiger partial charge in [-0.15, -0.1) is 0 Å². The average Bonchev–Trinajstić information content (AvgIpc) is 2.88. The molecule has 0 saturated heterocycles. The Bertz CT molecular complexity index is 1280. The quantitative estimate of drug-likeness (QED) is 0.375. The van der Waals surface area contributed by atoms with Crippen molar-refractivity contribution in [2.75, 3.05) is 10.8 Å². The number of benzene rings is 3. The van der Waals surface area contributed by atoms with Crippen molar-refractivity contribution in [3.05, 3.63) is 95.5 Å². The van der Waals surface area contributed by atoms with Gasteiger partial charge in [0.25, 0.3) is 10.0 Å². The molecule has 0 aliphatic heterocycles. The molecule has 2 amide bonds. The Balaban J connectivity index is 2.03. The number of carbonyl (C=O) groups is 2. The van der Waals surface area contributed by atoms with Crippen molar-refractivity contribution in [1.29, 1.82) is 0 Å². The minimum Gasteiger partial charge on any atom is -0.352 e. The summed E-state index contributed by atoms with van der Waals surface area (Å²) in [6, 6.07) is 22.6. The maximum Gasteiger partial charge on any atom is 0.264 e. The Morgan fingerprint density at radius 1 is 0.892 bits per heavy atom. The predicted octanol–water partition coefficient (Wildman–Crippen LogP) is 4.87. The van der Waals surface area contributed by atoms with E-state index < -0.39 is 28.5 Å². The van der Waals surface area contributed by atoms with Crippen molar-refractivity contribution in [2.45, 2.75) is 50.7 Å². The van der Waals surface area contributed by atoms with Gasteiger partial charge in [0.05, 0.1) is 10.6 Å². The molecule has 9 heteroatoms. The number of rotatable bonds is 11. The number of sulfonamides is 1. The minimum atomic E-state index is -4.10. The molecule has 0 aliphatic carbocycles. The lowest BCUT2D eigenvalue weighted by Gasteiger charge is -2.33. The zero-order chi connectivity index (χ0) is 27.0. The first-order valence-electron chi connectivity index (χ1n) is 12.1. The summed E-state index contributed by atoms with van der Waals surface area (Å²) in [5.41, 5.74) is 1.12. The summed E-state index contributed by atoms with van der Waals surface area (Å²) in [4.78, 5) is 28.5. The van der Waals surface area contributed by atoms with E-state index in [1.807, 2.05) is 51.1 Å². The van der Waals surface area contributed by atoms with Crippen LogP contribution in [0.2, 0.25) is 5.02 Å². The molecule has 0 radical (unpaired) electrons. The van der Waals surface area contributed by atoms with Crippen LogP contribution in [0.1, 0.15) is 32.8 Å². The van der Waals surface area contributed by atoms with Gasteiger partial charge in [0, 0.05) is 17.6 Å². The molecule has 3 rings (SSSR count). The number of amides is 2. The van der Waals surface area contributed by atoms with Crippen molar-refractivity contribution in [3.63, 3.8) is 0 Å². The monoisotopic (exact) mass is 541 g/mol. The molecule has 7 nitrogen and oxygen atoms in total. The van der Waals surface area contributed by atoms with Gasteiger partial charge in [-0.3, -0.25) is 13.9 Å². The minimum absolute atomic E-state index is 0.0527. The van der Waals surface area contributed by atoms with Gasteiger partial charge in [-0.1, -0.05) is 67.1 Å². The summed E-state index contributed by atoms with van der Waals surface area (Å²) in [5.74, 6) is -0.783. The fourth-order valence-electron chi connectivity index (χ4n) is 3.94. The van der Waals surface area contributed by atoms with Crippen molar-refractivity contribution in [2.24, 2.45) is 0 Å². The predicted molar refractivity (Wildman–Crippen MR) is 147 cm³/mol. The van der Waals surface area contributed by atoms with Crippen LogP contribution < -0.4 is 9.62 Å². The molecular formula is C28H32ClN3O4S. The maximum atomic E-state index is 13.9. The highest BCUT2D eigenvalue weighted by atomic mass is 35.5. The first kappa shape index (κ1) is 28.2. The van der Waals surface area contributed by atoms with Gasteiger partial charge in [-0.2, -0.15) is 0 Å². The van der Waals surface area contributed by atoms with Crippen LogP contribution in [-0.4, -0.2) is 43.8 Å². The van der Waals surface area contributed by atoms with Crippen LogP contribution >= 0.6 is 11.6 Å². The van der Waals surface area contributed by atoms with E-state index in [1.165, 1.54) is 17.0 Å². The van der Waals surface area contributed by atoms with Crippen molar-refractivity contribution in [1.82, 2.24) is 10.2 Å². The number of hydrogen-bond acceptors (Lipinski definition) is 4. The third-order valence-electron chi connectivity index (χ3n) is 5.74. The van der Waals surface area contributed by atoms with Crippen LogP contribution in [0.5, 0.6) is 0 Å². The van der Waals surface area contributed by atoms with Gasteiger partial charge < -0.3 is 10.2 Å². The van der Waals surface area contributed by atoms with Crippen molar-refractivity contribution < 1.29 is 18.0 Å². The topological polar surface area (TPSA) is 86.8 Å². The SMILES string of the molecule is CC[C@H](C(=O)NC(C)C)N(Cc1ccccc1)C(=O)CN(c1ccc(Cl)cc1)S(=O)(=O)c1ccccc1. The van der Waals surface area contributed by atoms with E-state index in [0.717, 1.165) is 9.87 Å². The summed E-state index contributed by atoms with van der Waals surface area (Å²) >= 11 is 6.04. The fourth-order valence-corrected chi connectivity index (χ4v) is 5.50. The number of anilines is 1. The normalized spacial score (nSPS) is 12.1. The van der Waals surface area contributed by atoms with Gasteiger partial charge in [-0.25, -0.2) is 8.42 Å². The maximum absolute atomic E-state index is 13.9. The third-order valence-corrected chi connectivity index (χ3v) is 7.78. The fraction of sp³-hybridized carbons (Fsp3) is 0.286. The smallest absolute Gasteiger partial charge is 0.264 e. The number of halogens is 1.